The van der Waals surface area contributed by atoms with Crippen LogP contribution in [0.2, 0.25) is 10.0 Å². The molecule has 17 heavy (non-hydrogen) atoms. The summed E-state index contributed by atoms with van der Waals surface area (Å²) in [6.45, 7) is 2.71. The number of benzene rings is 1. The van der Waals surface area contributed by atoms with E-state index in [1.165, 1.54) is 0 Å². The Balaban J connectivity index is 2.30. The zero-order valence-corrected chi connectivity index (χ0v) is 11.4. The Morgan fingerprint density at radius 3 is 2.71 bits per heavy atom. The molecule has 1 aromatic carbocycles. The highest BCUT2D eigenvalue weighted by atomic mass is 35.5. The summed E-state index contributed by atoms with van der Waals surface area (Å²) in [7, 11) is 0. The van der Waals surface area contributed by atoms with E-state index in [4.69, 9.17) is 23.2 Å². The SMILES string of the molecule is CCCCC(=O)NCCc1ccc(Cl)c(Cl)c1. The molecule has 0 aliphatic heterocycles. The predicted octanol–water partition coefficient (Wildman–Crippen LogP) is 3.84. The zero-order valence-electron chi connectivity index (χ0n) is 9.93. The van der Waals surface area contributed by atoms with E-state index in [2.05, 4.69) is 12.2 Å². The van der Waals surface area contributed by atoms with Crippen LogP contribution in [0.25, 0.3) is 0 Å². The minimum absolute atomic E-state index is 0.118. The number of carbonyl (C=O) groups is 1. The van der Waals surface area contributed by atoms with E-state index in [0.717, 1.165) is 24.8 Å². The fourth-order valence-corrected chi connectivity index (χ4v) is 1.79. The van der Waals surface area contributed by atoms with E-state index in [0.29, 0.717) is 23.0 Å². The van der Waals surface area contributed by atoms with Crippen molar-refractivity contribution in [1.29, 1.82) is 0 Å². The minimum Gasteiger partial charge on any atom is -0.356 e. The molecular formula is C13H17Cl2NO. The lowest BCUT2D eigenvalue weighted by Crippen LogP contribution is -2.25. The number of hydrogen-bond donors (Lipinski definition) is 1. The summed E-state index contributed by atoms with van der Waals surface area (Å²) in [5.41, 5.74) is 1.08. The van der Waals surface area contributed by atoms with Crippen LogP contribution in [-0.2, 0) is 11.2 Å². The molecule has 1 rings (SSSR count). The summed E-state index contributed by atoms with van der Waals surface area (Å²) in [4.78, 5) is 11.4. The van der Waals surface area contributed by atoms with Crippen molar-refractivity contribution < 1.29 is 4.79 Å². The Bertz CT molecular complexity index is 380. The van der Waals surface area contributed by atoms with Crippen molar-refractivity contribution in [2.75, 3.05) is 6.54 Å². The van der Waals surface area contributed by atoms with Crippen LogP contribution in [0.3, 0.4) is 0 Å². The van der Waals surface area contributed by atoms with Crippen LogP contribution < -0.4 is 5.32 Å². The summed E-state index contributed by atoms with van der Waals surface area (Å²) < 4.78 is 0. The van der Waals surface area contributed by atoms with Gasteiger partial charge >= 0.3 is 0 Å². The third-order valence-electron chi connectivity index (χ3n) is 2.48. The lowest BCUT2D eigenvalue weighted by Gasteiger charge is -2.05. The van der Waals surface area contributed by atoms with Gasteiger partial charge in [0.2, 0.25) is 5.91 Å². The monoisotopic (exact) mass is 273 g/mol. The largest absolute Gasteiger partial charge is 0.356 e. The van der Waals surface area contributed by atoms with E-state index in [1.54, 1.807) is 6.07 Å². The molecule has 0 atom stereocenters. The van der Waals surface area contributed by atoms with Gasteiger partial charge in [0, 0.05) is 13.0 Å². The van der Waals surface area contributed by atoms with Crippen LogP contribution in [0.1, 0.15) is 31.7 Å². The van der Waals surface area contributed by atoms with Crippen LogP contribution in [0.4, 0.5) is 0 Å². The maximum absolute atomic E-state index is 11.4. The molecule has 0 bridgehead atoms. The zero-order chi connectivity index (χ0) is 12.7. The highest BCUT2D eigenvalue weighted by Gasteiger charge is 2.02. The first-order valence-corrected chi connectivity index (χ1v) is 6.59. The number of unbranched alkanes of at least 4 members (excludes halogenated alkanes) is 1. The van der Waals surface area contributed by atoms with Crippen LogP contribution in [0.5, 0.6) is 0 Å². The lowest BCUT2D eigenvalue weighted by molar-refractivity contribution is -0.121. The summed E-state index contributed by atoms with van der Waals surface area (Å²) in [6, 6.07) is 5.53. The molecule has 0 saturated heterocycles. The summed E-state index contributed by atoms with van der Waals surface area (Å²) in [6.07, 6.45) is 3.37. The maximum atomic E-state index is 11.4. The molecule has 94 valence electrons. The molecule has 0 aliphatic carbocycles. The summed E-state index contributed by atoms with van der Waals surface area (Å²) >= 11 is 11.7. The van der Waals surface area contributed by atoms with Gasteiger partial charge in [-0.15, -0.1) is 0 Å². The van der Waals surface area contributed by atoms with Crippen molar-refractivity contribution in [2.24, 2.45) is 0 Å². The highest BCUT2D eigenvalue weighted by molar-refractivity contribution is 6.42. The van der Waals surface area contributed by atoms with Crippen molar-refractivity contribution in [3.63, 3.8) is 0 Å². The third-order valence-corrected chi connectivity index (χ3v) is 3.22. The van der Waals surface area contributed by atoms with Gasteiger partial charge in [0.15, 0.2) is 0 Å². The van der Waals surface area contributed by atoms with Gasteiger partial charge < -0.3 is 5.32 Å². The van der Waals surface area contributed by atoms with Crippen LogP contribution in [0, 0.1) is 0 Å². The number of rotatable bonds is 6. The fraction of sp³-hybridized carbons (Fsp3) is 0.462. The molecule has 0 radical (unpaired) electrons. The van der Waals surface area contributed by atoms with Crippen LogP contribution in [-0.4, -0.2) is 12.5 Å². The van der Waals surface area contributed by atoms with E-state index in [9.17, 15) is 4.79 Å². The second kappa shape index (κ2) is 7.57. The molecule has 4 heteroatoms. The molecule has 0 heterocycles. The number of carbonyl (C=O) groups excluding carboxylic acids is 1. The number of amides is 1. The van der Waals surface area contributed by atoms with E-state index in [-0.39, 0.29) is 5.91 Å². The van der Waals surface area contributed by atoms with Gasteiger partial charge in [-0.05, 0) is 30.5 Å². The second-order valence-corrected chi connectivity index (χ2v) is 4.77. The van der Waals surface area contributed by atoms with Crippen molar-refractivity contribution in [3.05, 3.63) is 33.8 Å². The molecule has 2 nitrogen and oxygen atoms in total. The highest BCUT2D eigenvalue weighted by Crippen LogP contribution is 2.22. The Hall–Kier alpha value is -0.730. The molecule has 1 N–H and O–H groups in total. The Kier molecular flexibility index (Phi) is 6.38. The molecular weight excluding hydrogens is 257 g/mol. The molecule has 0 spiro atoms. The van der Waals surface area contributed by atoms with Gasteiger partial charge in [0.1, 0.15) is 0 Å². The molecule has 0 aliphatic rings. The first-order valence-electron chi connectivity index (χ1n) is 5.84. The molecule has 0 unspecified atom stereocenters. The quantitative estimate of drug-likeness (QED) is 0.838. The van der Waals surface area contributed by atoms with Crippen LogP contribution >= 0.6 is 23.2 Å². The topological polar surface area (TPSA) is 29.1 Å². The molecule has 1 amide bonds. The normalized spacial score (nSPS) is 10.3. The van der Waals surface area contributed by atoms with Gasteiger partial charge in [-0.2, -0.15) is 0 Å². The molecule has 0 saturated carbocycles. The Labute approximate surface area is 112 Å². The second-order valence-electron chi connectivity index (χ2n) is 3.95. The van der Waals surface area contributed by atoms with Gasteiger partial charge in [-0.3, -0.25) is 4.79 Å². The van der Waals surface area contributed by atoms with Gasteiger partial charge in [-0.1, -0.05) is 42.6 Å². The Morgan fingerprint density at radius 1 is 1.29 bits per heavy atom. The third kappa shape index (κ3) is 5.42. The number of hydrogen-bond acceptors (Lipinski definition) is 1. The van der Waals surface area contributed by atoms with E-state index in [1.807, 2.05) is 12.1 Å². The van der Waals surface area contributed by atoms with E-state index < -0.39 is 0 Å². The van der Waals surface area contributed by atoms with Crippen molar-refractivity contribution in [1.82, 2.24) is 5.32 Å². The minimum atomic E-state index is 0.118. The van der Waals surface area contributed by atoms with Crippen molar-refractivity contribution in [3.8, 4) is 0 Å². The number of nitrogens with one attached hydrogen (secondary N) is 1. The van der Waals surface area contributed by atoms with Gasteiger partial charge in [-0.25, -0.2) is 0 Å². The first kappa shape index (κ1) is 14.3. The first-order chi connectivity index (χ1) is 8.13. The number of halogens is 2. The molecule has 0 aromatic heterocycles. The van der Waals surface area contributed by atoms with Gasteiger partial charge in [0.25, 0.3) is 0 Å². The Morgan fingerprint density at radius 2 is 2.06 bits per heavy atom. The molecule has 0 fully saturated rings. The van der Waals surface area contributed by atoms with Crippen molar-refractivity contribution >= 4 is 29.1 Å². The summed E-state index contributed by atoms with van der Waals surface area (Å²) in [5.74, 6) is 0.118. The molecule has 1 aromatic rings. The fourth-order valence-electron chi connectivity index (χ4n) is 1.47. The average Bonchev–Trinajstić information content (AvgIpc) is 2.31. The van der Waals surface area contributed by atoms with E-state index >= 15 is 0 Å². The van der Waals surface area contributed by atoms with Crippen LogP contribution in [0.15, 0.2) is 18.2 Å². The standard InChI is InChI=1S/C13H17Cl2NO/c1-2-3-4-13(17)16-8-7-10-5-6-11(14)12(15)9-10/h5-6,9H,2-4,7-8H2,1H3,(H,16,17). The van der Waals surface area contributed by atoms with Crippen molar-refractivity contribution in [2.45, 2.75) is 32.6 Å². The lowest BCUT2D eigenvalue weighted by atomic mass is 10.1. The predicted molar refractivity (Wildman–Crippen MR) is 72.7 cm³/mol. The maximum Gasteiger partial charge on any atom is 0.220 e. The smallest absolute Gasteiger partial charge is 0.220 e. The van der Waals surface area contributed by atoms with Gasteiger partial charge in [0.05, 0.1) is 10.0 Å². The summed E-state index contributed by atoms with van der Waals surface area (Å²) in [5, 5.41) is 4.00. The average molecular weight is 274 g/mol.